The highest BCUT2D eigenvalue weighted by molar-refractivity contribution is 5.20. The average Bonchev–Trinajstić information content (AvgIpc) is 2.87. The Hall–Kier alpha value is -1.11. The topological polar surface area (TPSA) is 56.7 Å². The summed E-state index contributed by atoms with van der Waals surface area (Å²) in [6.07, 6.45) is -2.46. The monoisotopic (exact) mass is 220 g/mol. The predicted molar refractivity (Wildman–Crippen MR) is 45.9 cm³/mol. The van der Waals surface area contributed by atoms with Gasteiger partial charge in [-0.2, -0.15) is 13.2 Å². The zero-order valence-corrected chi connectivity index (χ0v) is 7.96. The zero-order valence-electron chi connectivity index (χ0n) is 7.96. The van der Waals surface area contributed by atoms with E-state index in [0.717, 1.165) is 17.5 Å². The van der Waals surface area contributed by atoms with Crippen LogP contribution in [0.15, 0.2) is 0 Å². The lowest BCUT2D eigenvalue weighted by Crippen LogP contribution is -2.20. The fourth-order valence-electron chi connectivity index (χ4n) is 1.59. The van der Waals surface area contributed by atoms with Gasteiger partial charge < -0.3 is 5.73 Å². The number of aromatic nitrogens is 3. The van der Waals surface area contributed by atoms with Crippen molar-refractivity contribution in [3.63, 3.8) is 0 Å². The number of rotatable bonds is 3. The number of halogens is 3. The summed E-state index contributed by atoms with van der Waals surface area (Å²) in [5.74, 6) is 0.167. The Kier molecular flexibility index (Phi) is 2.41. The second-order valence-corrected chi connectivity index (χ2v) is 3.67. The van der Waals surface area contributed by atoms with Crippen molar-refractivity contribution in [3.05, 3.63) is 11.4 Å². The van der Waals surface area contributed by atoms with E-state index in [4.69, 9.17) is 5.73 Å². The second kappa shape index (κ2) is 3.48. The molecule has 1 heterocycles. The van der Waals surface area contributed by atoms with Crippen molar-refractivity contribution in [1.82, 2.24) is 15.0 Å². The molecule has 0 radical (unpaired) electrons. The molecule has 1 aliphatic carbocycles. The summed E-state index contributed by atoms with van der Waals surface area (Å²) in [7, 11) is 0. The molecule has 7 heteroatoms. The molecule has 0 saturated heterocycles. The van der Waals surface area contributed by atoms with Crippen molar-refractivity contribution < 1.29 is 13.2 Å². The largest absolute Gasteiger partial charge is 0.408 e. The minimum absolute atomic E-state index is 0.143. The molecule has 1 aromatic heterocycles. The molecule has 1 saturated carbocycles. The van der Waals surface area contributed by atoms with Crippen molar-refractivity contribution in [2.75, 3.05) is 0 Å². The Bertz CT molecular complexity index is 353. The van der Waals surface area contributed by atoms with E-state index in [-0.39, 0.29) is 12.5 Å². The maximum Gasteiger partial charge on any atom is 0.408 e. The Balaban J connectivity index is 2.26. The van der Waals surface area contributed by atoms with Crippen LogP contribution in [0.4, 0.5) is 13.2 Å². The molecule has 4 nitrogen and oxygen atoms in total. The van der Waals surface area contributed by atoms with Crippen LogP contribution in [0.1, 0.15) is 30.1 Å². The van der Waals surface area contributed by atoms with Crippen LogP contribution in [0.5, 0.6) is 0 Å². The molecule has 0 bridgehead atoms. The van der Waals surface area contributed by atoms with E-state index in [2.05, 4.69) is 10.3 Å². The predicted octanol–water partition coefficient (Wildman–Crippen LogP) is 1.18. The Labute approximate surface area is 84.2 Å². The molecule has 1 aliphatic rings. The third kappa shape index (κ3) is 2.28. The lowest BCUT2D eigenvalue weighted by atomic mass is 10.2. The minimum Gasteiger partial charge on any atom is -0.325 e. The molecule has 0 unspecified atom stereocenters. The van der Waals surface area contributed by atoms with Gasteiger partial charge in [0.15, 0.2) is 0 Å². The first-order valence-electron chi connectivity index (χ1n) is 4.70. The van der Waals surface area contributed by atoms with Gasteiger partial charge in [0, 0.05) is 12.5 Å². The van der Waals surface area contributed by atoms with Gasteiger partial charge in [-0.3, -0.25) is 0 Å². The van der Waals surface area contributed by atoms with Crippen molar-refractivity contribution in [2.45, 2.75) is 38.0 Å². The van der Waals surface area contributed by atoms with E-state index in [9.17, 15) is 13.2 Å². The average molecular weight is 220 g/mol. The summed E-state index contributed by atoms with van der Waals surface area (Å²) < 4.78 is 37.5. The van der Waals surface area contributed by atoms with E-state index >= 15 is 0 Å². The van der Waals surface area contributed by atoms with Gasteiger partial charge in [-0.05, 0) is 12.8 Å². The summed E-state index contributed by atoms with van der Waals surface area (Å²) in [5, 5.41) is 7.17. The standard InChI is InChI=1S/C8H11F3N4/c9-8(10,11)4-15-7(5-1-2-5)6(3-12)13-14-15/h5H,1-4,12H2. The summed E-state index contributed by atoms with van der Waals surface area (Å²) in [6.45, 7) is -0.935. The number of nitrogens with zero attached hydrogens (tertiary/aromatic N) is 3. The molecule has 1 aromatic rings. The van der Waals surface area contributed by atoms with Gasteiger partial charge in [0.05, 0.1) is 11.4 Å². The quantitative estimate of drug-likeness (QED) is 0.832. The van der Waals surface area contributed by atoms with Crippen LogP contribution in [-0.4, -0.2) is 21.2 Å². The molecule has 2 rings (SSSR count). The van der Waals surface area contributed by atoms with Gasteiger partial charge in [0.1, 0.15) is 6.54 Å². The molecular weight excluding hydrogens is 209 g/mol. The van der Waals surface area contributed by atoms with E-state index in [0.29, 0.717) is 11.4 Å². The van der Waals surface area contributed by atoms with Crippen molar-refractivity contribution in [2.24, 2.45) is 5.73 Å². The van der Waals surface area contributed by atoms with Crippen LogP contribution in [0.25, 0.3) is 0 Å². The highest BCUT2D eigenvalue weighted by atomic mass is 19.4. The van der Waals surface area contributed by atoms with Gasteiger partial charge in [-0.1, -0.05) is 5.21 Å². The lowest BCUT2D eigenvalue weighted by molar-refractivity contribution is -0.143. The third-order valence-corrected chi connectivity index (χ3v) is 2.33. The Morgan fingerprint density at radius 2 is 2.07 bits per heavy atom. The smallest absolute Gasteiger partial charge is 0.325 e. The maximum absolute atomic E-state index is 12.2. The number of hydrogen-bond acceptors (Lipinski definition) is 3. The van der Waals surface area contributed by atoms with E-state index in [1.807, 2.05) is 0 Å². The van der Waals surface area contributed by atoms with Gasteiger partial charge in [-0.15, -0.1) is 5.10 Å². The van der Waals surface area contributed by atoms with Crippen molar-refractivity contribution in [3.8, 4) is 0 Å². The van der Waals surface area contributed by atoms with E-state index in [1.165, 1.54) is 0 Å². The minimum atomic E-state index is -4.26. The van der Waals surface area contributed by atoms with Gasteiger partial charge in [0.25, 0.3) is 0 Å². The second-order valence-electron chi connectivity index (χ2n) is 3.67. The molecule has 0 aromatic carbocycles. The van der Waals surface area contributed by atoms with Crippen LogP contribution in [0.2, 0.25) is 0 Å². The third-order valence-electron chi connectivity index (χ3n) is 2.33. The molecule has 2 N–H and O–H groups in total. The summed E-state index contributed by atoms with van der Waals surface area (Å²) >= 11 is 0. The molecule has 0 amide bonds. The maximum atomic E-state index is 12.2. The van der Waals surface area contributed by atoms with E-state index < -0.39 is 12.7 Å². The number of alkyl halides is 3. The Morgan fingerprint density at radius 1 is 1.40 bits per heavy atom. The first-order chi connectivity index (χ1) is 7.01. The molecule has 15 heavy (non-hydrogen) atoms. The highest BCUT2D eigenvalue weighted by Gasteiger charge is 2.35. The molecular formula is C8H11F3N4. The van der Waals surface area contributed by atoms with E-state index in [1.54, 1.807) is 0 Å². The number of hydrogen-bond donors (Lipinski definition) is 1. The summed E-state index contributed by atoms with van der Waals surface area (Å²) in [5.41, 5.74) is 6.45. The summed E-state index contributed by atoms with van der Waals surface area (Å²) in [6, 6.07) is 0. The van der Waals surface area contributed by atoms with Crippen LogP contribution < -0.4 is 5.73 Å². The lowest BCUT2D eigenvalue weighted by Gasteiger charge is -2.09. The molecule has 0 spiro atoms. The fraction of sp³-hybridized carbons (Fsp3) is 0.750. The zero-order chi connectivity index (χ0) is 11.1. The van der Waals surface area contributed by atoms with Crippen LogP contribution >= 0.6 is 0 Å². The van der Waals surface area contributed by atoms with Crippen LogP contribution in [0, 0.1) is 0 Å². The van der Waals surface area contributed by atoms with Crippen LogP contribution in [-0.2, 0) is 13.1 Å². The van der Waals surface area contributed by atoms with Gasteiger partial charge >= 0.3 is 6.18 Å². The SMILES string of the molecule is NCc1nnn(CC(F)(F)F)c1C1CC1. The molecule has 0 aliphatic heterocycles. The highest BCUT2D eigenvalue weighted by Crippen LogP contribution is 2.41. The number of nitrogens with two attached hydrogens (primary N) is 1. The van der Waals surface area contributed by atoms with Crippen molar-refractivity contribution in [1.29, 1.82) is 0 Å². The molecule has 0 atom stereocenters. The Morgan fingerprint density at radius 3 is 2.53 bits per heavy atom. The van der Waals surface area contributed by atoms with Crippen LogP contribution in [0.3, 0.4) is 0 Å². The van der Waals surface area contributed by atoms with Gasteiger partial charge in [-0.25, -0.2) is 4.68 Å². The first-order valence-corrected chi connectivity index (χ1v) is 4.70. The molecule has 84 valence electrons. The normalized spacial score (nSPS) is 17.1. The molecule has 1 fully saturated rings. The van der Waals surface area contributed by atoms with Gasteiger partial charge in [0.2, 0.25) is 0 Å². The fourth-order valence-corrected chi connectivity index (χ4v) is 1.59. The summed E-state index contributed by atoms with van der Waals surface area (Å²) in [4.78, 5) is 0. The first kappa shape index (κ1) is 10.4. The van der Waals surface area contributed by atoms with Crippen molar-refractivity contribution >= 4 is 0 Å².